The highest BCUT2D eigenvalue weighted by Gasteiger charge is 2.23. The van der Waals surface area contributed by atoms with E-state index in [0.29, 0.717) is 72.7 Å². The van der Waals surface area contributed by atoms with Crippen LogP contribution in [-0.2, 0) is 35.8 Å². The Hall–Kier alpha value is -17.8. The number of rotatable bonds is 25. The lowest BCUT2D eigenvalue weighted by Gasteiger charge is -2.15. The summed E-state index contributed by atoms with van der Waals surface area (Å²) in [4.78, 5) is 52.8. The molecule has 0 aliphatic heterocycles. The molecule has 8 N–H and O–H groups in total. The number of fused-ring (bicyclic) bond motifs is 4. The molecule has 0 aliphatic carbocycles. The van der Waals surface area contributed by atoms with Gasteiger partial charge in [-0.3, -0.25) is 24.4 Å². The number of pyridine rings is 4. The van der Waals surface area contributed by atoms with E-state index in [9.17, 15) is 14.4 Å². The number of benzene rings is 12. The molecule has 660 valence electrons. The number of Topliss-reactive ketones (excluding diaryl/α,β-unsaturated/α-hetero) is 1. The van der Waals surface area contributed by atoms with Gasteiger partial charge in [-0.2, -0.15) is 0 Å². The Labute approximate surface area is 781 Å². The highest BCUT2D eigenvalue weighted by atomic mass is 16.2. The molecule has 0 unspecified atom stereocenters. The number of nitrogens with two attached hydrogens (primary N) is 1. The lowest BCUT2D eigenvalue weighted by Crippen LogP contribution is -2.14. The second kappa shape index (κ2) is 43.1. The van der Waals surface area contributed by atoms with Crippen molar-refractivity contribution in [1.82, 2.24) is 60.7 Å². The molecule has 20 aromatic rings. The van der Waals surface area contributed by atoms with Crippen LogP contribution in [0.4, 0.5) is 40.6 Å². The van der Waals surface area contributed by atoms with Crippen LogP contribution in [0.1, 0.15) is 66.7 Å². The van der Waals surface area contributed by atoms with Crippen LogP contribution in [-0.4, -0.2) is 78.3 Å². The minimum Gasteiger partial charge on any atom is -0.384 e. The summed E-state index contributed by atoms with van der Waals surface area (Å²) in [5.74, 6) is 3.95. The van der Waals surface area contributed by atoms with Crippen LogP contribution < -0.4 is 37.6 Å². The average Bonchev–Trinajstić information content (AvgIpc) is 0.774. The van der Waals surface area contributed by atoms with E-state index in [4.69, 9.17) is 5.73 Å². The molecule has 12 aromatic carbocycles. The summed E-state index contributed by atoms with van der Waals surface area (Å²) in [6.07, 6.45) is 10.6. The predicted octanol–water partition coefficient (Wildman–Crippen LogP) is 24.6. The van der Waals surface area contributed by atoms with Crippen molar-refractivity contribution in [2.24, 2.45) is 5.92 Å². The zero-order valence-corrected chi connectivity index (χ0v) is 74.7. The minimum absolute atomic E-state index is 0.0308. The van der Waals surface area contributed by atoms with Gasteiger partial charge in [-0.15, -0.1) is 40.8 Å². The monoisotopic (exact) mass is 1770 g/mol. The number of aromatic nitrogens is 12. The fraction of sp³-hybridized carbons (Fsp3) is 0.0885. The van der Waals surface area contributed by atoms with Crippen molar-refractivity contribution < 1.29 is 14.4 Å². The summed E-state index contributed by atoms with van der Waals surface area (Å²) in [6.45, 7) is 9.61. The third-order valence-electron chi connectivity index (χ3n) is 22.5. The first-order valence-corrected chi connectivity index (χ1v) is 44.5. The molecule has 0 atom stereocenters. The van der Waals surface area contributed by atoms with Gasteiger partial charge in [0.05, 0.1) is 11.9 Å². The Kier molecular flexibility index (Phi) is 28.5. The summed E-state index contributed by atoms with van der Waals surface area (Å²) >= 11 is 0. The standard InChI is InChI=1S/C31H29N5O.C28H23N5O.C28H22N4O.C26H21N5/c1-21(2)16-28(37)34-25-17-24(19-32-20-25)30-27-15-9-14-26(23-12-7-4-8-13-23)29(27)31(36-35-30)33-18-22-10-5-3-6-11-22;1-19(34)31-25-16-15-22(18-29-25)27-24-14-8-13-23(21-11-6-3-7-12-21)26(24)28(33-32-27)30-17-20-9-4-2-5-10-20;1-19(33)22-15-23(18-29-17-22)27-25-14-8-13-24(21-11-6-3-7-12-21)26(25)28(32-31-27)30-16-20-9-4-2-5-10-20;27-23-15-14-20(17-28-23)25-22-13-7-12-21(19-10-5-2-6-11-19)24(22)26(31-30-25)29-16-18-8-3-1-4-9-18/h3-15,17,19-21H,16,18H2,1-2H3,(H,33,36)(H,34,37);2-16,18H,17H2,1H3,(H,30,33)(H,29,31,34);2-15,17-18H,16H2,1H3,(H,30,32);1-15,17H,16H2,(H2,27,28)(H,29,31). The van der Waals surface area contributed by atoms with E-state index >= 15 is 0 Å². The van der Waals surface area contributed by atoms with Gasteiger partial charge >= 0.3 is 0 Å². The molecule has 0 saturated heterocycles. The maximum Gasteiger partial charge on any atom is 0.224 e. The first-order valence-electron chi connectivity index (χ1n) is 44.5. The molecule has 22 heteroatoms. The van der Waals surface area contributed by atoms with Gasteiger partial charge in [0.1, 0.15) is 34.4 Å². The first kappa shape index (κ1) is 89.2. The largest absolute Gasteiger partial charge is 0.384 e. The molecule has 2 amide bonds. The van der Waals surface area contributed by atoms with E-state index in [-0.39, 0.29) is 23.5 Å². The van der Waals surface area contributed by atoms with Crippen molar-refractivity contribution in [3.8, 4) is 89.5 Å². The van der Waals surface area contributed by atoms with Gasteiger partial charge in [0.2, 0.25) is 11.8 Å². The lowest BCUT2D eigenvalue weighted by molar-refractivity contribution is -0.117. The van der Waals surface area contributed by atoms with Crippen molar-refractivity contribution in [1.29, 1.82) is 0 Å². The fourth-order valence-corrected chi connectivity index (χ4v) is 16.1. The quantitative estimate of drug-likeness (QED) is 0.0262. The molecule has 0 saturated carbocycles. The topological polar surface area (TPSA) is 304 Å². The number of carbonyl (C=O) groups is 3. The van der Waals surface area contributed by atoms with E-state index in [1.54, 1.807) is 49.3 Å². The predicted molar refractivity (Wildman–Crippen MR) is 545 cm³/mol. The van der Waals surface area contributed by atoms with E-state index in [1.807, 2.05) is 208 Å². The molecule has 20 rings (SSSR count). The Bertz CT molecular complexity index is 7490. The number of nitrogen functional groups attached to an aromatic ring is 1. The third kappa shape index (κ3) is 22.0. The highest BCUT2D eigenvalue weighted by Crippen LogP contribution is 2.43. The second-order valence-electron chi connectivity index (χ2n) is 32.5. The third-order valence-corrected chi connectivity index (χ3v) is 22.5. The van der Waals surface area contributed by atoms with Crippen molar-refractivity contribution >= 4 is 101 Å². The van der Waals surface area contributed by atoms with Gasteiger partial charge in [-0.1, -0.05) is 329 Å². The van der Waals surface area contributed by atoms with Crippen LogP contribution >= 0.6 is 0 Å². The number of ketones is 1. The molecule has 0 aliphatic rings. The van der Waals surface area contributed by atoms with E-state index in [0.717, 1.165) is 155 Å². The zero-order chi connectivity index (χ0) is 92.6. The Morgan fingerprint density at radius 2 is 0.615 bits per heavy atom. The maximum absolute atomic E-state index is 12.3. The summed E-state index contributed by atoms with van der Waals surface area (Å²) in [5.41, 5.74) is 26.6. The van der Waals surface area contributed by atoms with Gasteiger partial charge in [-0.25, -0.2) is 9.97 Å². The second-order valence-corrected chi connectivity index (χ2v) is 32.5. The lowest BCUT2D eigenvalue weighted by atomic mass is 9.96. The fourth-order valence-electron chi connectivity index (χ4n) is 16.1. The van der Waals surface area contributed by atoms with Gasteiger partial charge in [0, 0.05) is 141 Å². The van der Waals surface area contributed by atoms with E-state index in [1.165, 1.54) is 19.4 Å². The van der Waals surface area contributed by atoms with Crippen molar-refractivity contribution in [2.75, 3.05) is 37.6 Å². The number of carbonyl (C=O) groups excluding carboxylic acids is 3. The molecule has 0 fully saturated rings. The van der Waals surface area contributed by atoms with Crippen LogP contribution in [0.3, 0.4) is 0 Å². The number of nitrogens with one attached hydrogen (secondary N) is 6. The number of amides is 2. The number of anilines is 7. The molecule has 0 spiro atoms. The molecule has 0 bridgehead atoms. The Morgan fingerprint density at radius 3 is 0.926 bits per heavy atom. The summed E-state index contributed by atoms with van der Waals surface area (Å²) in [5, 5.41) is 64.2. The van der Waals surface area contributed by atoms with Gasteiger partial charge in [-0.05, 0) is 116 Å². The molecule has 135 heavy (non-hydrogen) atoms. The van der Waals surface area contributed by atoms with Crippen LogP contribution in [0, 0.1) is 5.92 Å². The van der Waals surface area contributed by atoms with Gasteiger partial charge < -0.3 is 37.6 Å². The van der Waals surface area contributed by atoms with Crippen LogP contribution in [0.25, 0.3) is 133 Å². The number of nitrogens with zero attached hydrogens (tertiary/aromatic N) is 12. The summed E-state index contributed by atoms with van der Waals surface area (Å²) in [7, 11) is 0. The Morgan fingerprint density at radius 1 is 0.296 bits per heavy atom. The number of hydrogen-bond donors (Lipinski definition) is 7. The van der Waals surface area contributed by atoms with Crippen molar-refractivity contribution in [3.05, 3.63) is 417 Å². The van der Waals surface area contributed by atoms with Crippen LogP contribution in [0.5, 0.6) is 0 Å². The number of hydrogen-bond acceptors (Lipinski definition) is 20. The smallest absolute Gasteiger partial charge is 0.224 e. The van der Waals surface area contributed by atoms with Crippen molar-refractivity contribution in [3.63, 3.8) is 0 Å². The van der Waals surface area contributed by atoms with Crippen LogP contribution in [0.2, 0.25) is 0 Å². The Balaban J connectivity index is 0.000000125. The molecule has 0 radical (unpaired) electrons. The summed E-state index contributed by atoms with van der Waals surface area (Å²) < 4.78 is 0. The molecular weight excluding hydrogens is 1670 g/mol. The van der Waals surface area contributed by atoms with E-state index < -0.39 is 0 Å². The molecular formula is C113H95N19O3. The molecule has 8 heterocycles. The van der Waals surface area contributed by atoms with Crippen LogP contribution in [0.15, 0.2) is 389 Å². The first-order chi connectivity index (χ1) is 66.3. The zero-order valence-electron chi connectivity index (χ0n) is 74.7. The average molecular weight is 1770 g/mol. The van der Waals surface area contributed by atoms with Gasteiger partial charge in [0.15, 0.2) is 29.1 Å². The molecule has 22 nitrogen and oxygen atoms in total. The normalized spacial score (nSPS) is 10.9. The summed E-state index contributed by atoms with van der Waals surface area (Å²) in [6, 6.07) is 118. The minimum atomic E-state index is -0.160. The maximum atomic E-state index is 12.3. The van der Waals surface area contributed by atoms with Gasteiger partial charge in [0.25, 0.3) is 0 Å². The highest BCUT2D eigenvalue weighted by molar-refractivity contribution is 6.13. The molecule has 8 aromatic heterocycles. The van der Waals surface area contributed by atoms with Crippen molar-refractivity contribution in [2.45, 2.75) is 60.3 Å². The van der Waals surface area contributed by atoms with E-state index in [2.05, 4.69) is 238 Å². The SMILES string of the molecule is CC(=O)Nc1ccc(-c2nnc(NCc3ccccc3)c3c(-c4ccccc4)cccc23)cn1.CC(=O)c1cncc(-c2nnc(NCc3ccccc3)c3c(-c4ccccc4)cccc23)c1.CC(C)CC(=O)Nc1cncc(-c2nnc(NCc3ccccc3)c3c(-c4ccccc4)cccc23)c1.Nc1ccc(-c2nnc(NCc3ccccc3)c3c(-c4ccccc4)cccc23)cn1.